The van der Waals surface area contributed by atoms with Gasteiger partial charge in [0.2, 0.25) is 17.7 Å². The molecule has 200 valence electrons. The summed E-state index contributed by atoms with van der Waals surface area (Å²) in [4.78, 5) is 38.7. The second kappa shape index (κ2) is 12.8. The highest BCUT2D eigenvalue weighted by Gasteiger charge is 2.32. The zero-order valence-corrected chi connectivity index (χ0v) is 20.7. The molecule has 1 aliphatic carbocycles. The Morgan fingerprint density at radius 1 is 0.946 bits per heavy atom. The molecule has 7 nitrogen and oxygen atoms in total. The van der Waals surface area contributed by atoms with Gasteiger partial charge in [-0.15, -0.1) is 0 Å². The highest BCUT2D eigenvalue weighted by atomic mass is 32.2. The summed E-state index contributed by atoms with van der Waals surface area (Å²) in [5, 5.41) is 5.24. The summed E-state index contributed by atoms with van der Waals surface area (Å²) in [7, 11) is -2.03. The van der Waals surface area contributed by atoms with Gasteiger partial charge < -0.3 is 15.5 Å². The lowest BCUT2D eigenvalue weighted by molar-refractivity contribution is -0.137. The summed E-state index contributed by atoms with van der Waals surface area (Å²) >= 11 is 0. The summed E-state index contributed by atoms with van der Waals surface area (Å²) in [5.41, 5.74) is -0.915. The standard InChI is InChI=1S/C25H27F4N3O4S/c26-18-9-11-20(12-10-18)31-23(34)15-37(36)16-24(35)32(14-22(33)30-19-6-2-1-3-7-19)21-8-4-5-17(13-21)25(27,28)29/h4-5,8-13,19H,1-3,6-7,14-16H2,(H,30,33)(H,31,34). The molecule has 1 fully saturated rings. The summed E-state index contributed by atoms with van der Waals surface area (Å²) in [5.74, 6) is -3.88. The molecule has 1 unspecified atom stereocenters. The molecule has 12 heteroatoms. The summed E-state index contributed by atoms with van der Waals surface area (Å²) in [6, 6.07) is 8.74. The van der Waals surface area contributed by atoms with Crippen LogP contribution in [0.25, 0.3) is 0 Å². The quantitative estimate of drug-likeness (QED) is 0.469. The lowest BCUT2D eigenvalue weighted by Crippen LogP contribution is -2.46. The maximum atomic E-state index is 13.3. The Bertz CT molecular complexity index is 1140. The summed E-state index contributed by atoms with van der Waals surface area (Å²) < 4.78 is 65.3. The normalized spacial score (nSPS) is 15.0. The van der Waals surface area contributed by atoms with Crippen molar-refractivity contribution >= 4 is 39.9 Å². The SMILES string of the molecule is O=C(CS(=O)CC(=O)N(CC(=O)NC1CCCCC1)c1cccc(C(F)(F)F)c1)Nc1ccc(F)cc1. The molecular formula is C25H27F4N3O4S. The van der Waals surface area contributed by atoms with Crippen LogP contribution in [-0.4, -0.2) is 46.0 Å². The number of halogens is 4. The minimum absolute atomic E-state index is 0.0796. The topological polar surface area (TPSA) is 95.6 Å². The molecule has 3 amide bonds. The van der Waals surface area contributed by atoms with Crippen molar-refractivity contribution in [3.05, 3.63) is 59.9 Å². The number of carbonyl (C=O) groups is 3. The van der Waals surface area contributed by atoms with E-state index in [9.17, 15) is 36.2 Å². The average Bonchev–Trinajstić information content (AvgIpc) is 2.84. The van der Waals surface area contributed by atoms with Crippen molar-refractivity contribution in [2.24, 2.45) is 0 Å². The first-order chi connectivity index (χ1) is 17.5. The van der Waals surface area contributed by atoms with Crippen molar-refractivity contribution in [2.75, 3.05) is 28.3 Å². The second-order valence-electron chi connectivity index (χ2n) is 8.71. The Balaban J connectivity index is 1.70. The summed E-state index contributed by atoms with van der Waals surface area (Å²) in [6.45, 7) is -0.560. The first kappa shape index (κ1) is 28.3. The molecular weight excluding hydrogens is 514 g/mol. The summed E-state index contributed by atoms with van der Waals surface area (Å²) in [6.07, 6.45) is -0.175. The molecule has 0 aromatic heterocycles. The predicted molar refractivity (Wildman–Crippen MR) is 132 cm³/mol. The second-order valence-corrected chi connectivity index (χ2v) is 10.2. The molecule has 0 bridgehead atoms. The van der Waals surface area contributed by atoms with E-state index in [0.717, 1.165) is 67.3 Å². The van der Waals surface area contributed by atoms with Gasteiger partial charge in [0.05, 0.1) is 5.56 Å². The third kappa shape index (κ3) is 8.96. The number of benzene rings is 2. The van der Waals surface area contributed by atoms with Crippen molar-refractivity contribution in [3.8, 4) is 0 Å². The maximum Gasteiger partial charge on any atom is 0.416 e. The van der Waals surface area contributed by atoms with E-state index in [1.165, 1.54) is 18.2 Å². The van der Waals surface area contributed by atoms with Gasteiger partial charge in [-0.3, -0.25) is 18.6 Å². The molecule has 2 aromatic rings. The smallest absolute Gasteiger partial charge is 0.352 e. The van der Waals surface area contributed by atoms with E-state index in [1.807, 2.05) is 0 Å². The van der Waals surface area contributed by atoms with E-state index in [-0.39, 0.29) is 17.4 Å². The minimum Gasteiger partial charge on any atom is -0.352 e. The maximum absolute atomic E-state index is 13.3. The van der Waals surface area contributed by atoms with Gasteiger partial charge in [-0.2, -0.15) is 13.2 Å². The average molecular weight is 542 g/mol. The highest BCUT2D eigenvalue weighted by Crippen LogP contribution is 2.31. The van der Waals surface area contributed by atoms with Gasteiger partial charge in [0, 0.05) is 28.2 Å². The van der Waals surface area contributed by atoms with Gasteiger partial charge >= 0.3 is 6.18 Å². The van der Waals surface area contributed by atoms with E-state index in [4.69, 9.17) is 0 Å². The number of alkyl halides is 3. The molecule has 3 rings (SSSR count). The lowest BCUT2D eigenvalue weighted by Gasteiger charge is -2.26. The molecule has 2 N–H and O–H groups in total. The first-order valence-corrected chi connectivity index (χ1v) is 13.2. The van der Waals surface area contributed by atoms with E-state index in [2.05, 4.69) is 10.6 Å². The third-order valence-corrected chi connectivity index (χ3v) is 6.92. The Kier molecular flexibility index (Phi) is 9.79. The van der Waals surface area contributed by atoms with Crippen LogP contribution in [0.15, 0.2) is 48.5 Å². The van der Waals surface area contributed by atoms with Gasteiger partial charge in [0.15, 0.2) is 0 Å². The fourth-order valence-corrected chi connectivity index (χ4v) is 4.88. The molecule has 1 aliphatic rings. The number of hydrogen-bond donors (Lipinski definition) is 2. The Hall–Kier alpha value is -3.28. The number of nitrogens with one attached hydrogen (secondary N) is 2. The molecule has 0 spiro atoms. The van der Waals surface area contributed by atoms with Crippen molar-refractivity contribution in [3.63, 3.8) is 0 Å². The molecule has 37 heavy (non-hydrogen) atoms. The van der Waals surface area contributed by atoms with E-state index in [0.29, 0.717) is 0 Å². The Morgan fingerprint density at radius 2 is 1.62 bits per heavy atom. The molecule has 0 heterocycles. The molecule has 0 saturated heterocycles. The first-order valence-electron chi connectivity index (χ1n) is 11.7. The minimum atomic E-state index is -4.67. The van der Waals surface area contributed by atoms with Gasteiger partial charge in [-0.25, -0.2) is 4.39 Å². The van der Waals surface area contributed by atoms with Gasteiger partial charge in [0.1, 0.15) is 23.9 Å². The van der Waals surface area contributed by atoms with E-state index < -0.39 is 64.1 Å². The molecule has 0 radical (unpaired) electrons. The van der Waals surface area contributed by atoms with Crippen LogP contribution >= 0.6 is 0 Å². The monoisotopic (exact) mass is 541 g/mol. The van der Waals surface area contributed by atoms with Crippen molar-refractivity contribution < 1.29 is 36.2 Å². The van der Waals surface area contributed by atoms with Crippen LogP contribution < -0.4 is 15.5 Å². The predicted octanol–water partition coefficient (Wildman–Crippen LogP) is 4.01. The lowest BCUT2D eigenvalue weighted by atomic mass is 9.95. The van der Waals surface area contributed by atoms with Gasteiger partial charge in [0.25, 0.3) is 0 Å². The Labute approximate surface area is 214 Å². The number of carbonyl (C=O) groups excluding carboxylic acids is 3. The Morgan fingerprint density at radius 3 is 2.27 bits per heavy atom. The molecule has 0 aliphatic heterocycles. The van der Waals surface area contributed by atoms with Crippen LogP contribution in [0.3, 0.4) is 0 Å². The van der Waals surface area contributed by atoms with Gasteiger partial charge in [-0.05, 0) is 55.3 Å². The van der Waals surface area contributed by atoms with Crippen LogP contribution in [0.2, 0.25) is 0 Å². The zero-order chi connectivity index (χ0) is 27.0. The van der Waals surface area contributed by atoms with E-state index >= 15 is 0 Å². The fourth-order valence-electron chi connectivity index (χ4n) is 3.98. The van der Waals surface area contributed by atoms with Crippen molar-refractivity contribution in [2.45, 2.75) is 44.3 Å². The fraction of sp³-hybridized carbons (Fsp3) is 0.400. The molecule has 1 saturated carbocycles. The van der Waals surface area contributed by atoms with Crippen LogP contribution in [0.5, 0.6) is 0 Å². The van der Waals surface area contributed by atoms with Crippen molar-refractivity contribution in [1.29, 1.82) is 0 Å². The van der Waals surface area contributed by atoms with Crippen LogP contribution in [0.4, 0.5) is 28.9 Å². The zero-order valence-electron chi connectivity index (χ0n) is 19.9. The van der Waals surface area contributed by atoms with Crippen LogP contribution in [0, 0.1) is 5.82 Å². The third-order valence-electron chi connectivity index (χ3n) is 5.76. The van der Waals surface area contributed by atoms with Crippen LogP contribution in [0.1, 0.15) is 37.7 Å². The number of rotatable bonds is 9. The van der Waals surface area contributed by atoms with Crippen LogP contribution in [-0.2, 0) is 31.4 Å². The van der Waals surface area contributed by atoms with Gasteiger partial charge in [-0.1, -0.05) is 25.3 Å². The largest absolute Gasteiger partial charge is 0.416 e. The van der Waals surface area contributed by atoms with E-state index in [1.54, 1.807) is 0 Å². The number of hydrogen-bond acceptors (Lipinski definition) is 4. The highest BCUT2D eigenvalue weighted by molar-refractivity contribution is 7.86. The number of anilines is 2. The number of nitrogens with zero attached hydrogens (tertiary/aromatic N) is 1. The molecule has 1 atom stereocenters. The van der Waals surface area contributed by atoms with Crippen molar-refractivity contribution in [1.82, 2.24) is 5.32 Å². The number of amides is 3. The molecule has 2 aromatic carbocycles.